The highest BCUT2D eigenvalue weighted by atomic mass is 16.6. The molecule has 2 aromatic heterocycles. The summed E-state index contributed by atoms with van der Waals surface area (Å²) in [6, 6.07) is 9.83. The lowest BCUT2D eigenvalue weighted by Crippen LogP contribution is -2.71. The average molecular weight is 691 g/mol. The third-order valence-corrected chi connectivity index (χ3v) is 11.0. The molecule has 0 radical (unpaired) electrons. The summed E-state index contributed by atoms with van der Waals surface area (Å²) in [6.07, 6.45) is 0.714. The number of carbonyl (C=O) groups excluding carboxylic acids is 3. The van der Waals surface area contributed by atoms with Crippen molar-refractivity contribution >= 4 is 23.6 Å². The van der Waals surface area contributed by atoms with E-state index < -0.39 is 75.0 Å². The van der Waals surface area contributed by atoms with E-state index in [0.717, 1.165) is 0 Å². The third-order valence-electron chi connectivity index (χ3n) is 11.0. The van der Waals surface area contributed by atoms with Crippen LogP contribution in [0.1, 0.15) is 75.9 Å². The number of hydrogen-bond acceptors (Lipinski definition) is 13. The van der Waals surface area contributed by atoms with E-state index in [2.05, 4.69) is 4.98 Å². The number of hydrogen-bond donors (Lipinski definition) is 1. The van der Waals surface area contributed by atoms with Crippen LogP contribution in [0.4, 0.5) is 5.69 Å². The van der Waals surface area contributed by atoms with Crippen LogP contribution in [0.5, 0.6) is 5.75 Å². The molecule has 14 heteroatoms. The molecule has 2 fully saturated rings. The number of rotatable bonds is 7. The second-order valence-electron chi connectivity index (χ2n) is 14.0. The quantitative estimate of drug-likeness (QED) is 0.151. The van der Waals surface area contributed by atoms with Gasteiger partial charge >= 0.3 is 23.5 Å². The van der Waals surface area contributed by atoms with Crippen molar-refractivity contribution in [3.8, 4) is 17.1 Å². The van der Waals surface area contributed by atoms with Gasteiger partial charge in [0.2, 0.25) is 0 Å². The molecule has 3 unspecified atom stereocenters. The maximum atomic E-state index is 13.7. The molecule has 14 nitrogen and oxygen atoms in total. The predicted octanol–water partition coefficient (Wildman–Crippen LogP) is 4.96. The van der Waals surface area contributed by atoms with Gasteiger partial charge in [-0.15, -0.1) is 0 Å². The maximum Gasteiger partial charge on any atom is 0.345 e. The molecule has 3 aliphatic rings. The second kappa shape index (κ2) is 12.7. The summed E-state index contributed by atoms with van der Waals surface area (Å²) in [5.74, 6) is -3.06. The normalized spacial score (nSPS) is 31.1. The van der Waals surface area contributed by atoms with E-state index >= 15 is 0 Å². The van der Waals surface area contributed by atoms with Gasteiger partial charge in [0.15, 0.2) is 0 Å². The van der Waals surface area contributed by atoms with Gasteiger partial charge in [-0.2, -0.15) is 0 Å². The van der Waals surface area contributed by atoms with Crippen molar-refractivity contribution in [1.82, 2.24) is 4.98 Å². The number of non-ortho nitro benzene ring substituents is 1. The lowest BCUT2D eigenvalue weighted by atomic mass is 9.42. The Morgan fingerprint density at radius 3 is 2.40 bits per heavy atom. The highest BCUT2D eigenvalue weighted by Gasteiger charge is 2.71. The van der Waals surface area contributed by atoms with Gasteiger partial charge in [0.05, 0.1) is 16.6 Å². The van der Waals surface area contributed by atoms with E-state index in [9.17, 15) is 34.4 Å². The number of esters is 3. The van der Waals surface area contributed by atoms with Crippen LogP contribution >= 0.6 is 0 Å². The van der Waals surface area contributed by atoms with Gasteiger partial charge < -0.3 is 28.5 Å². The molecule has 0 amide bonds. The lowest BCUT2D eigenvalue weighted by Gasteiger charge is -2.66. The van der Waals surface area contributed by atoms with Crippen molar-refractivity contribution in [2.45, 2.75) is 77.8 Å². The number of nitro groups is 1. The van der Waals surface area contributed by atoms with Crippen LogP contribution in [0.3, 0.4) is 0 Å². The molecule has 3 aromatic rings. The molecule has 0 spiro atoms. The molecule has 3 heterocycles. The number of nitrogens with zero attached hydrogens (tertiary/aromatic N) is 2. The van der Waals surface area contributed by atoms with Gasteiger partial charge in [-0.25, -0.2) is 9.59 Å². The van der Waals surface area contributed by atoms with Crippen molar-refractivity contribution in [3.05, 3.63) is 86.5 Å². The minimum Gasteiger partial charge on any atom is -0.482 e. The Bertz CT molecular complexity index is 1890. The summed E-state index contributed by atoms with van der Waals surface area (Å²) in [7, 11) is 0. The Morgan fingerprint density at radius 1 is 1.06 bits per heavy atom. The number of fused-ring (bicyclic) bond motifs is 4. The molecule has 0 bridgehead atoms. The highest BCUT2D eigenvalue weighted by Crippen LogP contribution is 2.67. The molecule has 264 valence electrons. The van der Waals surface area contributed by atoms with E-state index in [4.69, 9.17) is 23.4 Å². The Morgan fingerprint density at radius 2 is 1.78 bits per heavy atom. The van der Waals surface area contributed by atoms with E-state index in [1.54, 1.807) is 25.3 Å². The van der Waals surface area contributed by atoms with Crippen LogP contribution in [0.2, 0.25) is 0 Å². The van der Waals surface area contributed by atoms with Crippen LogP contribution in [-0.4, -0.2) is 57.3 Å². The first-order chi connectivity index (χ1) is 23.6. The van der Waals surface area contributed by atoms with Crippen molar-refractivity contribution in [3.63, 3.8) is 0 Å². The molecular weight excluding hydrogens is 652 g/mol. The SMILES string of the molecule is CC(=O)OCC1(C)C2C[C@H](OC(=O)c3ccc([N+](=O)[O-])cc3)[C@@]3(C)Oc4cc(-c5cccnc5)oc(=O)c4[C@H](O)C3[C@@]2(C)CC[C@@H]1OC(C)=O. The fourth-order valence-electron chi connectivity index (χ4n) is 8.75. The number of ether oxygens (including phenoxy) is 4. The minimum atomic E-state index is -1.46. The van der Waals surface area contributed by atoms with Gasteiger partial charge in [-0.05, 0) is 61.8 Å². The standard InChI is InChI=1S/C36H38N2O12/c1-19(39)46-18-35(4)26-16-28(49-32(42)21-8-10-23(11-9-21)38(44)45)36(5)31(34(26,3)13-12-27(35)47-20(2)40)30(41)29-25(50-36)15-24(48-33(29)43)22-7-6-14-37-17-22/h6-11,14-15,17,26-28,30-31,41H,12-13,16,18H2,1-5H3/t26?,27-,28-,30-,31?,34-,35?,36+/m0/s1. The van der Waals surface area contributed by atoms with Crippen LogP contribution in [0.15, 0.2) is 64.1 Å². The zero-order valence-electron chi connectivity index (χ0n) is 28.2. The molecule has 2 saturated carbocycles. The van der Waals surface area contributed by atoms with Gasteiger partial charge in [0.1, 0.15) is 41.5 Å². The van der Waals surface area contributed by atoms with Gasteiger partial charge in [0.25, 0.3) is 5.69 Å². The smallest absolute Gasteiger partial charge is 0.345 e. The van der Waals surface area contributed by atoms with Crippen molar-refractivity contribution in [1.29, 1.82) is 0 Å². The number of aliphatic hydroxyl groups excluding tert-OH is 1. The lowest BCUT2D eigenvalue weighted by molar-refractivity contribution is -0.384. The fourth-order valence-corrected chi connectivity index (χ4v) is 8.75. The predicted molar refractivity (Wildman–Crippen MR) is 174 cm³/mol. The topological polar surface area (TPSA) is 195 Å². The summed E-state index contributed by atoms with van der Waals surface area (Å²) in [5, 5.41) is 23.5. The summed E-state index contributed by atoms with van der Waals surface area (Å²) in [4.78, 5) is 66.5. The van der Waals surface area contributed by atoms with Crippen molar-refractivity contribution in [2.75, 3.05) is 6.61 Å². The number of pyridine rings is 1. The minimum absolute atomic E-state index is 0.0458. The molecule has 2 aliphatic carbocycles. The van der Waals surface area contributed by atoms with Crippen molar-refractivity contribution in [2.24, 2.45) is 22.7 Å². The largest absolute Gasteiger partial charge is 0.482 e. The van der Waals surface area contributed by atoms with E-state index in [1.807, 2.05) is 13.8 Å². The Kier molecular flexibility index (Phi) is 8.79. The monoisotopic (exact) mass is 690 g/mol. The number of carbonyl (C=O) groups is 3. The van der Waals surface area contributed by atoms with Crippen LogP contribution in [-0.2, 0) is 23.8 Å². The molecule has 1 N–H and O–H groups in total. The maximum absolute atomic E-state index is 13.7. The first kappa shape index (κ1) is 34.7. The molecule has 1 aliphatic heterocycles. The zero-order chi connectivity index (χ0) is 36.2. The number of nitro benzene ring substituents is 1. The Balaban J connectivity index is 1.49. The first-order valence-corrected chi connectivity index (χ1v) is 16.3. The van der Waals surface area contributed by atoms with Gasteiger partial charge in [-0.1, -0.05) is 13.8 Å². The highest BCUT2D eigenvalue weighted by molar-refractivity contribution is 5.89. The number of aliphatic hydroxyl groups is 1. The molecule has 1 aromatic carbocycles. The molecule has 6 rings (SSSR count). The Hall–Kier alpha value is -5.11. The third kappa shape index (κ3) is 5.80. The molecule has 0 saturated heterocycles. The molecule has 8 atom stereocenters. The summed E-state index contributed by atoms with van der Waals surface area (Å²) in [6.45, 7) is 7.93. The zero-order valence-corrected chi connectivity index (χ0v) is 28.2. The van der Waals surface area contributed by atoms with Crippen LogP contribution < -0.4 is 10.4 Å². The first-order valence-electron chi connectivity index (χ1n) is 16.3. The van der Waals surface area contributed by atoms with Crippen LogP contribution in [0, 0.1) is 32.8 Å². The molecular formula is C36H38N2O12. The van der Waals surface area contributed by atoms with Crippen molar-refractivity contribution < 1.29 is 47.8 Å². The Labute approximate surface area is 286 Å². The molecule has 50 heavy (non-hydrogen) atoms. The van der Waals surface area contributed by atoms with E-state index in [0.29, 0.717) is 18.4 Å². The summed E-state index contributed by atoms with van der Waals surface area (Å²) < 4.78 is 30.0. The number of aromatic nitrogens is 1. The van der Waals surface area contributed by atoms with E-state index in [1.165, 1.54) is 50.4 Å². The fraction of sp³-hybridized carbons (Fsp3) is 0.472. The van der Waals surface area contributed by atoms with E-state index in [-0.39, 0.29) is 41.4 Å². The number of benzene rings is 1. The summed E-state index contributed by atoms with van der Waals surface area (Å²) >= 11 is 0. The van der Waals surface area contributed by atoms with Gasteiger partial charge in [0, 0.05) is 61.3 Å². The van der Waals surface area contributed by atoms with Gasteiger partial charge in [-0.3, -0.25) is 24.7 Å². The summed E-state index contributed by atoms with van der Waals surface area (Å²) in [5.41, 5.74) is -3.89. The average Bonchev–Trinajstić information content (AvgIpc) is 3.06. The second-order valence-corrected chi connectivity index (χ2v) is 14.0. The van der Waals surface area contributed by atoms with Crippen LogP contribution in [0.25, 0.3) is 11.3 Å².